The summed E-state index contributed by atoms with van der Waals surface area (Å²) in [5.41, 5.74) is 7.58. The lowest BCUT2D eigenvalue weighted by Gasteiger charge is -2.23. The number of halogens is 1. The summed E-state index contributed by atoms with van der Waals surface area (Å²) < 4.78 is 18.9. The number of ether oxygens (including phenoxy) is 1. The first-order chi connectivity index (χ1) is 19.8. The summed E-state index contributed by atoms with van der Waals surface area (Å²) in [6, 6.07) is 8.30. The van der Waals surface area contributed by atoms with E-state index >= 15 is 0 Å². The van der Waals surface area contributed by atoms with Crippen molar-refractivity contribution in [2.24, 2.45) is 23.5 Å². The zero-order chi connectivity index (χ0) is 29.9. The lowest BCUT2D eigenvalue weighted by molar-refractivity contribution is -0.110. The van der Waals surface area contributed by atoms with E-state index in [-0.39, 0.29) is 22.4 Å². The van der Waals surface area contributed by atoms with E-state index in [9.17, 15) is 18.8 Å². The molecule has 4 aliphatic carbocycles. The lowest BCUT2D eigenvalue weighted by atomic mass is 9.94. The highest BCUT2D eigenvalue weighted by Crippen LogP contribution is 2.50. The number of carbonyl (C=O) groups is 3. The van der Waals surface area contributed by atoms with Crippen LogP contribution in [-0.2, 0) is 4.79 Å². The number of carboxylic acids is 1. The third-order valence-corrected chi connectivity index (χ3v) is 8.12. The molecule has 6 rings (SSSR count). The van der Waals surface area contributed by atoms with E-state index in [1.54, 1.807) is 0 Å². The van der Waals surface area contributed by atoms with E-state index < -0.39 is 17.7 Å². The third kappa shape index (κ3) is 8.65. The van der Waals surface area contributed by atoms with Crippen LogP contribution in [0.4, 0.5) is 4.39 Å². The molecule has 2 aromatic carbocycles. The second kappa shape index (κ2) is 15.4. The maximum absolute atomic E-state index is 13.9. The Morgan fingerprint density at radius 1 is 0.976 bits per heavy atom. The smallest absolute Gasteiger partial charge is 0.335 e. The van der Waals surface area contributed by atoms with E-state index in [1.165, 1.54) is 95.2 Å². The number of aromatic carboxylic acids is 1. The SMILES string of the molecule is C(=C1C2CCC1CC2)C1CC1.CC.COc1ccc(-c2cc(C(=O)O)ccc2F)cc1C(N)=O.O=CNC1CCC1. The van der Waals surface area contributed by atoms with Gasteiger partial charge in [0.15, 0.2) is 0 Å². The highest BCUT2D eigenvalue weighted by Gasteiger charge is 2.37. The molecule has 0 spiro atoms. The zero-order valence-electron chi connectivity index (χ0n) is 24.3. The van der Waals surface area contributed by atoms with Gasteiger partial charge in [0, 0.05) is 11.6 Å². The van der Waals surface area contributed by atoms with E-state index in [1.807, 2.05) is 19.4 Å². The molecule has 0 radical (unpaired) electrons. The van der Waals surface area contributed by atoms with Gasteiger partial charge in [-0.25, -0.2) is 9.18 Å². The fourth-order valence-corrected chi connectivity index (χ4v) is 5.52. The van der Waals surface area contributed by atoms with Gasteiger partial charge in [0.05, 0.1) is 18.2 Å². The third-order valence-electron chi connectivity index (χ3n) is 8.12. The molecule has 0 aliphatic heterocycles. The van der Waals surface area contributed by atoms with Crippen LogP contribution in [0.25, 0.3) is 11.1 Å². The van der Waals surface area contributed by atoms with E-state index in [0.29, 0.717) is 11.6 Å². The fourth-order valence-electron chi connectivity index (χ4n) is 5.52. The fraction of sp³-hybridized carbons (Fsp3) is 0.485. The summed E-state index contributed by atoms with van der Waals surface area (Å²) in [5.74, 6) is 0.886. The molecule has 4 N–H and O–H groups in total. The number of hydrogen-bond donors (Lipinski definition) is 3. The second-order valence-electron chi connectivity index (χ2n) is 10.7. The molecular formula is C33H43FN2O5. The first-order valence-corrected chi connectivity index (χ1v) is 14.7. The summed E-state index contributed by atoms with van der Waals surface area (Å²) in [6.07, 6.45) is 16.1. The van der Waals surface area contributed by atoms with Crippen LogP contribution in [0.3, 0.4) is 0 Å². The van der Waals surface area contributed by atoms with Gasteiger partial charge in [-0.3, -0.25) is 9.59 Å². The van der Waals surface area contributed by atoms with Gasteiger partial charge >= 0.3 is 5.97 Å². The summed E-state index contributed by atoms with van der Waals surface area (Å²) in [6.45, 7) is 4.00. The zero-order valence-corrected chi connectivity index (χ0v) is 24.3. The standard InChI is InChI=1S/C15H12FNO4.C11H16.C5H9NO.C2H6/c1-21-13-5-3-8(6-11(13)14(17)18)10-7-9(15(19)20)2-4-12(10)16;1-2-8(1)7-11-9-3-4-10(11)6-5-9;7-4-6-5-2-1-3-5;1-2/h2-7H,1H3,(H2,17,18)(H,19,20);7-10H,1-6H2;4-5H,1-3H2,(H,6,7);1-2H3. The molecule has 4 fully saturated rings. The highest BCUT2D eigenvalue weighted by atomic mass is 19.1. The Morgan fingerprint density at radius 2 is 1.61 bits per heavy atom. The topological polar surface area (TPSA) is 119 Å². The van der Waals surface area contributed by atoms with Gasteiger partial charge in [-0.15, -0.1) is 0 Å². The van der Waals surface area contributed by atoms with E-state index in [4.69, 9.17) is 15.6 Å². The van der Waals surface area contributed by atoms with Crippen molar-refractivity contribution >= 4 is 18.3 Å². The van der Waals surface area contributed by atoms with Crippen LogP contribution in [0, 0.1) is 23.6 Å². The molecular weight excluding hydrogens is 523 g/mol. The van der Waals surface area contributed by atoms with Crippen molar-refractivity contribution < 1.29 is 28.6 Å². The predicted octanol–water partition coefficient (Wildman–Crippen LogP) is 6.75. The number of nitrogens with two attached hydrogens (primary N) is 1. The average Bonchev–Trinajstić information content (AvgIpc) is 3.62. The molecule has 4 saturated carbocycles. The summed E-state index contributed by atoms with van der Waals surface area (Å²) in [5, 5.41) is 11.7. The van der Waals surface area contributed by atoms with Gasteiger partial charge in [-0.05, 0) is 111 Å². The Hall–Kier alpha value is -3.68. The van der Waals surface area contributed by atoms with Crippen LogP contribution in [0.2, 0.25) is 0 Å². The van der Waals surface area contributed by atoms with Gasteiger partial charge < -0.3 is 20.9 Å². The molecule has 0 atom stereocenters. The molecule has 4 aliphatic rings. The Balaban J connectivity index is 0.000000190. The van der Waals surface area contributed by atoms with Crippen LogP contribution in [0.15, 0.2) is 48.0 Å². The first kappa shape index (κ1) is 31.8. The molecule has 0 aromatic heterocycles. The minimum absolute atomic E-state index is 0.0529. The number of hydrogen-bond acceptors (Lipinski definition) is 4. The number of benzene rings is 2. The van der Waals surface area contributed by atoms with Crippen LogP contribution < -0.4 is 15.8 Å². The maximum Gasteiger partial charge on any atom is 0.335 e. The van der Waals surface area contributed by atoms with Crippen molar-refractivity contribution in [1.82, 2.24) is 5.32 Å². The van der Waals surface area contributed by atoms with Crippen molar-refractivity contribution in [2.75, 3.05) is 7.11 Å². The molecule has 0 saturated heterocycles. The van der Waals surface area contributed by atoms with Crippen molar-refractivity contribution in [2.45, 2.75) is 77.7 Å². The predicted molar refractivity (Wildman–Crippen MR) is 158 cm³/mol. The van der Waals surface area contributed by atoms with E-state index in [2.05, 4.69) is 11.4 Å². The summed E-state index contributed by atoms with van der Waals surface area (Å²) >= 11 is 0. The molecule has 2 aromatic rings. The minimum atomic E-state index is -1.17. The van der Waals surface area contributed by atoms with Crippen molar-refractivity contribution in [3.05, 3.63) is 65.0 Å². The molecule has 8 heteroatoms. The number of nitrogens with one attached hydrogen (secondary N) is 1. The van der Waals surface area contributed by atoms with Crippen molar-refractivity contribution in [3.63, 3.8) is 0 Å². The minimum Gasteiger partial charge on any atom is -0.496 e. The molecule has 2 bridgehead atoms. The van der Waals surface area contributed by atoms with Gasteiger partial charge in [0.2, 0.25) is 6.41 Å². The Labute approximate surface area is 242 Å². The summed E-state index contributed by atoms with van der Waals surface area (Å²) in [4.78, 5) is 32.0. The van der Waals surface area contributed by atoms with Crippen molar-refractivity contribution in [1.29, 1.82) is 0 Å². The molecule has 2 amide bonds. The molecule has 41 heavy (non-hydrogen) atoms. The molecule has 0 unspecified atom stereocenters. The van der Waals surface area contributed by atoms with Gasteiger partial charge in [-0.1, -0.05) is 31.6 Å². The summed E-state index contributed by atoms with van der Waals surface area (Å²) in [7, 11) is 1.38. The molecule has 7 nitrogen and oxygen atoms in total. The number of methoxy groups -OCH3 is 1. The Bertz CT molecular complexity index is 1210. The van der Waals surface area contributed by atoms with Gasteiger partial charge in [-0.2, -0.15) is 0 Å². The largest absolute Gasteiger partial charge is 0.496 e. The number of primary amides is 1. The monoisotopic (exact) mass is 566 g/mol. The van der Waals surface area contributed by atoms with E-state index in [0.717, 1.165) is 30.2 Å². The number of fused-ring (bicyclic) bond motifs is 2. The number of amides is 2. The normalized spacial score (nSPS) is 20.0. The van der Waals surface area contributed by atoms with Crippen LogP contribution in [-0.4, -0.2) is 36.5 Å². The molecule has 0 heterocycles. The number of allylic oxidation sites excluding steroid dienone is 2. The Kier molecular flexibility index (Phi) is 11.9. The number of rotatable bonds is 7. The van der Waals surface area contributed by atoms with Crippen LogP contribution in [0.5, 0.6) is 5.75 Å². The lowest BCUT2D eigenvalue weighted by Crippen LogP contribution is -2.33. The molecule has 222 valence electrons. The first-order valence-electron chi connectivity index (χ1n) is 14.7. The number of carbonyl (C=O) groups excluding carboxylic acids is 2. The Morgan fingerprint density at radius 3 is 2.05 bits per heavy atom. The maximum atomic E-state index is 13.9. The average molecular weight is 567 g/mol. The van der Waals surface area contributed by atoms with Gasteiger partial charge in [0.1, 0.15) is 11.6 Å². The van der Waals surface area contributed by atoms with Crippen LogP contribution in [0.1, 0.15) is 92.4 Å². The quantitative estimate of drug-likeness (QED) is 0.253. The number of carboxylic acid groups (broad SMARTS) is 1. The second-order valence-corrected chi connectivity index (χ2v) is 10.7. The highest BCUT2D eigenvalue weighted by molar-refractivity contribution is 5.97. The van der Waals surface area contributed by atoms with Crippen molar-refractivity contribution in [3.8, 4) is 16.9 Å². The van der Waals surface area contributed by atoms with Crippen LogP contribution >= 0.6 is 0 Å². The van der Waals surface area contributed by atoms with Gasteiger partial charge in [0.25, 0.3) is 5.91 Å².